The minimum absolute atomic E-state index is 0.0883. The van der Waals surface area contributed by atoms with Gasteiger partial charge in [0.25, 0.3) is 0 Å². The van der Waals surface area contributed by atoms with Gasteiger partial charge < -0.3 is 9.64 Å². The molecule has 2 heterocycles. The van der Waals surface area contributed by atoms with Crippen molar-refractivity contribution >= 4 is 25.4 Å². The van der Waals surface area contributed by atoms with Crippen molar-refractivity contribution in [1.29, 1.82) is 0 Å². The average molecular weight is 469 g/mol. The Morgan fingerprint density at radius 3 is 2.23 bits per heavy atom. The highest BCUT2D eigenvalue weighted by Crippen LogP contribution is 2.31. The van der Waals surface area contributed by atoms with Crippen LogP contribution in [0.1, 0.15) is 0 Å². The molecule has 0 bridgehead atoms. The van der Waals surface area contributed by atoms with Gasteiger partial charge in [0.2, 0.25) is 0 Å². The van der Waals surface area contributed by atoms with Crippen molar-refractivity contribution in [3.63, 3.8) is 0 Å². The second-order valence-corrected chi connectivity index (χ2v) is 12.2. The van der Waals surface area contributed by atoms with Crippen LogP contribution in [0.5, 0.6) is 5.75 Å². The molecule has 31 heavy (non-hydrogen) atoms. The Kier molecular flexibility index (Phi) is 5.97. The third kappa shape index (κ3) is 4.42. The van der Waals surface area contributed by atoms with Gasteiger partial charge in [-0.3, -0.25) is 4.90 Å². The number of para-hydroxylation sites is 1. The van der Waals surface area contributed by atoms with Gasteiger partial charge in [0.1, 0.15) is 11.6 Å². The normalized spacial score (nSPS) is 24.3. The number of hydrogen-bond acceptors (Lipinski definition) is 7. The minimum atomic E-state index is -3.86. The zero-order valence-corrected chi connectivity index (χ0v) is 18.8. The van der Waals surface area contributed by atoms with E-state index < -0.39 is 31.0 Å². The molecule has 4 rings (SSSR count). The van der Waals surface area contributed by atoms with E-state index in [0.29, 0.717) is 37.6 Å². The molecule has 2 saturated heterocycles. The van der Waals surface area contributed by atoms with Crippen molar-refractivity contribution in [1.82, 2.24) is 4.90 Å². The molecule has 0 spiro atoms. The van der Waals surface area contributed by atoms with Crippen molar-refractivity contribution in [3.05, 3.63) is 54.3 Å². The van der Waals surface area contributed by atoms with Gasteiger partial charge in [-0.2, -0.15) is 0 Å². The molecule has 2 aliphatic heterocycles. The quantitative estimate of drug-likeness (QED) is 0.659. The molecule has 0 saturated carbocycles. The van der Waals surface area contributed by atoms with Crippen LogP contribution in [-0.2, 0) is 19.7 Å². The lowest BCUT2D eigenvalue weighted by Gasteiger charge is -2.40. The molecule has 2 fully saturated rings. The Morgan fingerprint density at radius 2 is 1.61 bits per heavy atom. The molecule has 2 aromatic rings. The van der Waals surface area contributed by atoms with Crippen LogP contribution in [0.3, 0.4) is 0 Å². The molecule has 0 amide bonds. The van der Waals surface area contributed by atoms with E-state index in [4.69, 9.17) is 4.74 Å². The number of halogens is 1. The Labute approximate surface area is 182 Å². The van der Waals surface area contributed by atoms with Gasteiger partial charge >= 0.3 is 0 Å². The Bertz CT molecular complexity index is 1140. The van der Waals surface area contributed by atoms with E-state index in [1.54, 1.807) is 30.3 Å². The first kappa shape index (κ1) is 22.0. The smallest absolute Gasteiger partial charge is 0.183 e. The lowest BCUT2D eigenvalue weighted by atomic mass is 10.1. The number of sulfone groups is 2. The van der Waals surface area contributed by atoms with E-state index in [1.165, 1.54) is 25.3 Å². The number of anilines is 1. The van der Waals surface area contributed by atoms with Crippen LogP contribution in [0.4, 0.5) is 10.1 Å². The number of ether oxygens (including phenoxy) is 1. The summed E-state index contributed by atoms with van der Waals surface area (Å²) in [7, 11) is -5.85. The second-order valence-electron chi connectivity index (χ2n) is 7.88. The maximum absolute atomic E-state index is 14.1. The summed E-state index contributed by atoms with van der Waals surface area (Å²) in [6.07, 6.45) is 0. The number of benzene rings is 2. The molecule has 0 aromatic heterocycles. The van der Waals surface area contributed by atoms with Gasteiger partial charge in [-0.15, -0.1) is 0 Å². The molecule has 0 N–H and O–H groups in total. The van der Waals surface area contributed by atoms with Crippen molar-refractivity contribution < 1.29 is 26.0 Å². The van der Waals surface area contributed by atoms with Crippen molar-refractivity contribution in [2.75, 3.05) is 49.7 Å². The first-order chi connectivity index (χ1) is 14.7. The summed E-state index contributed by atoms with van der Waals surface area (Å²) in [6, 6.07) is 11.9. The zero-order valence-electron chi connectivity index (χ0n) is 17.1. The molecule has 2 unspecified atom stereocenters. The Morgan fingerprint density at radius 1 is 0.968 bits per heavy atom. The Balaban J connectivity index is 1.55. The van der Waals surface area contributed by atoms with Crippen LogP contribution in [0.25, 0.3) is 0 Å². The third-order valence-corrected chi connectivity index (χ3v) is 10.2. The maximum Gasteiger partial charge on any atom is 0.183 e. The van der Waals surface area contributed by atoms with E-state index in [1.807, 2.05) is 9.80 Å². The molecule has 2 aliphatic rings. The predicted octanol–water partition coefficient (Wildman–Crippen LogP) is 1.60. The molecular formula is C21H25FN2O5S2. The van der Waals surface area contributed by atoms with Crippen LogP contribution in [-0.4, -0.2) is 77.8 Å². The number of nitrogens with zero attached hydrogens (tertiary/aromatic N) is 2. The second kappa shape index (κ2) is 8.40. The van der Waals surface area contributed by atoms with Crippen molar-refractivity contribution in [2.24, 2.45) is 0 Å². The van der Waals surface area contributed by atoms with Gasteiger partial charge in [0, 0.05) is 32.2 Å². The summed E-state index contributed by atoms with van der Waals surface area (Å²) in [5, 5.41) is -1.04. The monoisotopic (exact) mass is 468 g/mol. The lowest BCUT2D eigenvalue weighted by molar-refractivity contribution is 0.201. The summed E-state index contributed by atoms with van der Waals surface area (Å²) in [5.74, 6) is -0.357. The number of piperazine rings is 1. The van der Waals surface area contributed by atoms with Crippen molar-refractivity contribution in [3.8, 4) is 5.75 Å². The molecule has 7 nitrogen and oxygen atoms in total. The van der Waals surface area contributed by atoms with Crippen molar-refractivity contribution in [2.45, 2.75) is 16.2 Å². The highest BCUT2D eigenvalue weighted by Gasteiger charge is 2.48. The highest BCUT2D eigenvalue weighted by atomic mass is 32.2. The van der Waals surface area contributed by atoms with Crippen LogP contribution < -0.4 is 9.64 Å². The fourth-order valence-electron chi connectivity index (χ4n) is 4.38. The predicted molar refractivity (Wildman–Crippen MR) is 117 cm³/mol. The van der Waals surface area contributed by atoms with E-state index >= 15 is 0 Å². The topological polar surface area (TPSA) is 84.0 Å². The molecule has 168 valence electrons. The zero-order chi connectivity index (χ0) is 22.2. The van der Waals surface area contributed by atoms with E-state index in [2.05, 4.69) is 0 Å². The van der Waals surface area contributed by atoms with E-state index in [-0.39, 0.29) is 22.2 Å². The number of rotatable bonds is 5. The number of methoxy groups -OCH3 is 1. The van der Waals surface area contributed by atoms with Gasteiger partial charge in [-0.25, -0.2) is 21.2 Å². The molecule has 0 aliphatic carbocycles. The first-order valence-electron chi connectivity index (χ1n) is 10.0. The van der Waals surface area contributed by atoms with Gasteiger partial charge in [-0.05, 0) is 36.4 Å². The van der Waals surface area contributed by atoms with E-state index in [0.717, 1.165) is 0 Å². The van der Waals surface area contributed by atoms with Crippen LogP contribution in [0.15, 0.2) is 53.4 Å². The fraction of sp³-hybridized carbons (Fsp3) is 0.429. The molecule has 0 radical (unpaired) electrons. The fourth-order valence-corrected chi connectivity index (χ4v) is 9.21. The van der Waals surface area contributed by atoms with Crippen LogP contribution in [0, 0.1) is 5.82 Å². The molecule has 2 aromatic carbocycles. The Hall–Kier alpha value is -2.17. The summed E-state index contributed by atoms with van der Waals surface area (Å²) in [4.78, 5) is 3.92. The molecular weight excluding hydrogens is 443 g/mol. The van der Waals surface area contributed by atoms with Crippen LogP contribution in [0.2, 0.25) is 0 Å². The highest BCUT2D eigenvalue weighted by molar-refractivity contribution is 7.96. The average Bonchev–Trinajstić information content (AvgIpc) is 3.10. The summed E-state index contributed by atoms with van der Waals surface area (Å²) >= 11 is 0. The van der Waals surface area contributed by atoms with Gasteiger partial charge in [0.15, 0.2) is 19.7 Å². The number of hydrogen-bond donors (Lipinski definition) is 0. The van der Waals surface area contributed by atoms with E-state index in [9.17, 15) is 21.2 Å². The first-order valence-corrected chi connectivity index (χ1v) is 13.4. The van der Waals surface area contributed by atoms with Gasteiger partial charge in [0.05, 0.1) is 34.4 Å². The molecule has 2 atom stereocenters. The summed E-state index contributed by atoms with van der Waals surface area (Å²) < 4.78 is 70.7. The third-order valence-electron chi connectivity index (χ3n) is 6.04. The summed E-state index contributed by atoms with van der Waals surface area (Å²) in [6.45, 7) is 1.91. The van der Waals surface area contributed by atoms with Crippen LogP contribution >= 0.6 is 0 Å². The SMILES string of the molecule is COc1ccc(S(=O)(=O)C2CS(=O)(=O)CC2N2CCN(c3ccccc3F)CC2)cc1. The lowest BCUT2D eigenvalue weighted by Crippen LogP contribution is -2.55. The van der Waals surface area contributed by atoms with Gasteiger partial charge in [-0.1, -0.05) is 12.1 Å². The largest absolute Gasteiger partial charge is 0.497 e. The molecule has 10 heteroatoms. The standard InChI is InChI=1S/C21H25FN2O5S2/c1-29-16-6-8-17(9-7-16)31(27,28)21-15-30(25,26)14-20(21)24-12-10-23(11-13-24)19-5-3-2-4-18(19)22/h2-9,20-21H,10-15H2,1H3. The summed E-state index contributed by atoms with van der Waals surface area (Å²) in [5.41, 5.74) is 0.503. The maximum atomic E-state index is 14.1. The minimum Gasteiger partial charge on any atom is -0.497 e.